The molecule has 7 rings (SSSR count). The number of para-hydroxylation sites is 3. The predicted molar refractivity (Wildman–Crippen MR) is 177 cm³/mol. The van der Waals surface area contributed by atoms with Crippen LogP contribution in [0.3, 0.4) is 0 Å². The van der Waals surface area contributed by atoms with Crippen molar-refractivity contribution in [3.63, 3.8) is 0 Å². The molecule has 0 atom stereocenters. The summed E-state index contributed by atoms with van der Waals surface area (Å²) >= 11 is 0. The normalized spacial score (nSPS) is 12.5. The molecule has 2 aromatic heterocycles. The Labute approximate surface area is 247 Å². The van der Waals surface area contributed by atoms with Crippen LogP contribution in [0, 0.1) is 16.7 Å². The lowest BCUT2D eigenvalue weighted by Gasteiger charge is -2.33. The summed E-state index contributed by atoms with van der Waals surface area (Å²) in [5.41, 5.74) is 8.78. The summed E-state index contributed by atoms with van der Waals surface area (Å²) in [7, 11) is 0. The van der Waals surface area contributed by atoms with E-state index in [1.807, 2.05) is 12.1 Å². The van der Waals surface area contributed by atoms with Crippen LogP contribution >= 0.6 is 0 Å². The van der Waals surface area contributed by atoms with E-state index in [9.17, 15) is 5.26 Å². The molecule has 0 aliphatic heterocycles. The van der Waals surface area contributed by atoms with Crippen molar-refractivity contribution in [3.8, 4) is 17.4 Å². The van der Waals surface area contributed by atoms with Crippen molar-refractivity contribution in [1.82, 2.24) is 9.13 Å². The van der Waals surface area contributed by atoms with Crippen molar-refractivity contribution in [2.75, 3.05) is 0 Å². The third-order valence-electron chi connectivity index (χ3n) is 8.55. The first-order chi connectivity index (χ1) is 20.1. The highest BCUT2D eigenvalue weighted by Crippen LogP contribution is 2.40. The van der Waals surface area contributed by atoms with E-state index in [2.05, 4.69) is 147 Å². The van der Waals surface area contributed by atoms with Crippen LogP contribution in [0.4, 0.5) is 0 Å². The van der Waals surface area contributed by atoms with Gasteiger partial charge in [-0.1, -0.05) is 95.3 Å². The van der Waals surface area contributed by atoms with Crippen LogP contribution < -0.4 is 0 Å². The standard InChI is InChI=1S/C39H35N3/c1-38(2,3)25-39(4,5)27-18-19-37-33(22-27)32-14-8-11-17-36(32)42(37)29-21-26(24-40)20-28(23-29)41-34-15-9-6-12-30(34)31-13-7-10-16-35(31)41/h6-23H,25H2,1-5H3. The van der Waals surface area contributed by atoms with E-state index in [4.69, 9.17) is 0 Å². The number of benzene rings is 5. The highest BCUT2D eigenvalue weighted by Gasteiger charge is 2.28. The lowest BCUT2D eigenvalue weighted by molar-refractivity contribution is 0.284. The third kappa shape index (κ3) is 4.18. The van der Waals surface area contributed by atoms with E-state index >= 15 is 0 Å². The van der Waals surface area contributed by atoms with E-state index in [0.29, 0.717) is 5.56 Å². The maximum Gasteiger partial charge on any atom is 0.0993 e. The fourth-order valence-corrected chi connectivity index (χ4v) is 7.22. The van der Waals surface area contributed by atoms with Crippen molar-refractivity contribution in [2.45, 2.75) is 46.5 Å². The monoisotopic (exact) mass is 545 g/mol. The number of hydrogen-bond acceptors (Lipinski definition) is 1. The van der Waals surface area contributed by atoms with Crippen molar-refractivity contribution >= 4 is 43.6 Å². The largest absolute Gasteiger partial charge is 0.309 e. The summed E-state index contributed by atoms with van der Waals surface area (Å²) in [5, 5.41) is 15.1. The molecule has 3 heteroatoms. The number of aromatic nitrogens is 2. The van der Waals surface area contributed by atoms with Crippen LogP contribution in [0.15, 0.2) is 109 Å². The quantitative estimate of drug-likeness (QED) is 0.217. The van der Waals surface area contributed by atoms with Crippen molar-refractivity contribution < 1.29 is 0 Å². The smallest absolute Gasteiger partial charge is 0.0993 e. The Bertz CT molecular complexity index is 2140. The zero-order valence-corrected chi connectivity index (χ0v) is 24.9. The van der Waals surface area contributed by atoms with Crippen LogP contribution in [0.5, 0.6) is 0 Å². The molecule has 5 aromatic carbocycles. The first-order valence-electron chi connectivity index (χ1n) is 14.7. The Hall–Kier alpha value is -4.81. The molecule has 0 fully saturated rings. The first-order valence-corrected chi connectivity index (χ1v) is 14.7. The number of nitriles is 1. The van der Waals surface area contributed by atoms with Gasteiger partial charge in [0.05, 0.1) is 33.7 Å². The molecule has 3 nitrogen and oxygen atoms in total. The summed E-state index contributed by atoms with van der Waals surface area (Å²) < 4.78 is 4.61. The van der Waals surface area contributed by atoms with Gasteiger partial charge in [0.1, 0.15) is 0 Å². The molecule has 2 heterocycles. The van der Waals surface area contributed by atoms with Gasteiger partial charge in [-0.3, -0.25) is 0 Å². The van der Waals surface area contributed by atoms with Gasteiger partial charge in [0.15, 0.2) is 0 Å². The Balaban J connectivity index is 1.50. The molecule has 0 amide bonds. The molecular formula is C39H35N3. The molecule has 206 valence electrons. The fourth-order valence-electron chi connectivity index (χ4n) is 7.22. The van der Waals surface area contributed by atoms with Gasteiger partial charge >= 0.3 is 0 Å². The fraction of sp³-hybridized carbons (Fsp3) is 0.205. The lowest BCUT2D eigenvalue weighted by atomic mass is 9.72. The Morgan fingerprint density at radius 3 is 1.48 bits per heavy atom. The predicted octanol–water partition coefficient (Wildman–Crippen LogP) is 10.5. The van der Waals surface area contributed by atoms with Crippen LogP contribution in [0.2, 0.25) is 0 Å². The first kappa shape index (κ1) is 26.1. The maximum absolute atomic E-state index is 10.2. The molecule has 0 N–H and O–H groups in total. The number of rotatable bonds is 4. The minimum Gasteiger partial charge on any atom is -0.309 e. The van der Waals surface area contributed by atoms with Gasteiger partial charge in [0, 0.05) is 32.9 Å². The van der Waals surface area contributed by atoms with Crippen LogP contribution in [0.25, 0.3) is 55.0 Å². The Morgan fingerprint density at radius 2 is 1.00 bits per heavy atom. The number of nitrogens with zero attached hydrogens (tertiary/aromatic N) is 3. The molecule has 0 saturated carbocycles. The van der Waals surface area contributed by atoms with Crippen molar-refractivity contribution in [1.29, 1.82) is 5.26 Å². The number of hydrogen-bond donors (Lipinski definition) is 0. The van der Waals surface area contributed by atoms with Gasteiger partial charge in [0.25, 0.3) is 0 Å². The van der Waals surface area contributed by atoms with Gasteiger partial charge in [-0.05, 0) is 71.3 Å². The molecule has 0 bridgehead atoms. The molecule has 7 aromatic rings. The van der Waals surface area contributed by atoms with Gasteiger partial charge in [-0.2, -0.15) is 5.26 Å². The highest BCUT2D eigenvalue weighted by atomic mass is 15.0. The zero-order chi connectivity index (χ0) is 29.2. The lowest BCUT2D eigenvalue weighted by Crippen LogP contribution is -2.24. The summed E-state index contributed by atoms with van der Waals surface area (Å²) in [6, 6.07) is 41.3. The average molecular weight is 546 g/mol. The molecule has 0 aliphatic rings. The van der Waals surface area contributed by atoms with Gasteiger partial charge in [0.2, 0.25) is 0 Å². The van der Waals surface area contributed by atoms with E-state index in [1.54, 1.807) is 0 Å². The minimum absolute atomic E-state index is 0.0417. The van der Waals surface area contributed by atoms with E-state index in [1.165, 1.54) is 27.1 Å². The van der Waals surface area contributed by atoms with Gasteiger partial charge in [-0.15, -0.1) is 0 Å². The second-order valence-electron chi connectivity index (χ2n) is 13.4. The van der Waals surface area contributed by atoms with Gasteiger partial charge in [-0.25, -0.2) is 0 Å². The van der Waals surface area contributed by atoms with Gasteiger partial charge < -0.3 is 9.13 Å². The van der Waals surface area contributed by atoms with E-state index < -0.39 is 0 Å². The zero-order valence-electron chi connectivity index (χ0n) is 24.9. The summed E-state index contributed by atoms with van der Waals surface area (Å²) in [5.74, 6) is 0. The molecule has 42 heavy (non-hydrogen) atoms. The topological polar surface area (TPSA) is 33.6 Å². The molecule has 0 radical (unpaired) electrons. The Morgan fingerprint density at radius 1 is 0.548 bits per heavy atom. The average Bonchev–Trinajstić information content (AvgIpc) is 3.48. The van der Waals surface area contributed by atoms with Crippen molar-refractivity contribution in [2.24, 2.45) is 5.41 Å². The van der Waals surface area contributed by atoms with E-state index in [-0.39, 0.29) is 10.8 Å². The SMILES string of the molecule is CC(C)(C)CC(C)(C)c1ccc2c(c1)c1ccccc1n2-c1cc(C#N)cc(-n2c3ccccc3c3ccccc32)c1. The highest BCUT2D eigenvalue weighted by molar-refractivity contribution is 6.10. The second kappa shape index (κ2) is 9.36. The minimum atomic E-state index is 0.0417. The van der Waals surface area contributed by atoms with Crippen molar-refractivity contribution in [3.05, 3.63) is 120 Å². The van der Waals surface area contributed by atoms with E-state index in [0.717, 1.165) is 39.9 Å². The summed E-state index contributed by atoms with van der Waals surface area (Å²) in [4.78, 5) is 0. The molecule has 0 unspecified atom stereocenters. The Kier molecular flexibility index (Phi) is 5.82. The maximum atomic E-state index is 10.2. The molecule has 0 spiro atoms. The summed E-state index contributed by atoms with van der Waals surface area (Å²) in [6.07, 6.45) is 1.09. The third-order valence-corrected chi connectivity index (χ3v) is 8.55. The summed E-state index contributed by atoms with van der Waals surface area (Å²) in [6.45, 7) is 11.7. The van der Waals surface area contributed by atoms with Crippen LogP contribution in [-0.2, 0) is 5.41 Å². The van der Waals surface area contributed by atoms with Crippen LogP contribution in [0.1, 0.15) is 52.2 Å². The number of fused-ring (bicyclic) bond motifs is 6. The van der Waals surface area contributed by atoms with Crippen LogP contribution in [-0.4, -0.2) is 9.13 Å². The molecule has 0 aliphatic carbocycles. The second-order valence-corrected chi connectivity index (χ2v) is 13.4. The molecule has 0 saturated heterocycles. The molecular weight excluding hydrogens is 510 g/mol.